The summed E-state index contributed by atoms with van der Waals surface area (Å²) in [5, 5.41) is 0. The van der Waals surface area contributed by atoms with Crippen molar-refractivity contribution in [1.29, 1.82) is 0 Å². The first-order valence-corrected chi connectivity index (χ1v) is 8.13. The van der Waals surface area contributed by atoms with Gasteiger partial charge in [0.05, 0.1) is 17.8 Å². The molecule has 0 aliphatic rings. The number of methoxy groups -OCH3 is 2. The van der Waals surface area contributed by atoms with Crippen molar-refractivity contribution in [3.8, 4) is 11.5 Å². The van der Waals surface area contributed by atoms with Crippen molar-refractivity contribution in [2.45, 2.75) is 19.8 Å². The van der Waals surface area contributed by atoms with Crippen LogP contribution >= 0.6 is 22.6 Å². The first-order valence-electron chi connectivity index (χ1n) is 7.05. The third kappa shape index (κ3) is 3.34. The molecule has 0 saturated carbocycles. The highest BCUT2D eigenvalue weighted by Crippen LogP contribution is 2.44. The second-order valence-electron chi connectivity index (χ2n) is 5.33. The first-order chi connectivity index (χ1) is 10.1. The van der Waals surface area contributed by atoms with Crippen LogP contribution in [0.15, 0.2) is 42.5 Å². The molecule has 0 unspecified atom stereocenters. The number of rotatable bonds is 5. The van der Waals surface area contributed by atoms with Crippen molar-refractivity contribution in [3.05, 3.63) is 57.2 Å². The molecule has 0 fully saturated rings. The maximum Gasteiger partial charge on any atom is 0.139 e. The fourth-order valence-electron chi connectivity index (χ4n) is 2.78. The van der Waals surface area contributed by atoms with Gasteiger partial charge in [-0.05, 0) is 46.2 Å². The molecule has 0 heterocycles. The quantitative estimate of drug-likeness (QED) is 0.655. The summed E-state index contributed by atoms with van der Waals surface area (Å²) >= 11 is 2.31. The Balaban J connectivity index is 2.68. The second kappa shape index (κ2) is 7.16. The standard InChI is InChI=1S/C18H21IO2/c1-12(2)16(13-8-6-5-7-9-13)17-15(20-3)11-10-14(19)18(17)21-4/h5-12,16H,1-4H3/t16-/m0/s1. The van der Waals surface area contributed by atoms with Gasteiger partial charge >= 0.3 is 0 Å². The van der Waals surface area contributed by atoms with Gasteiger partial charge in [0.1, 0.15) is 11.5 Å². The monoisotopic (exact) mass is 396 g/mol. The summed E-state index contributed by atoms with van der Waals surface area (Å²) in [4.78, 5) is 0. The topological polar surface area (TPSA) is 18.5 Å². The predicted octanol–water partition coefficient (Wildman–Crippen LogP) is 5.10. The molecular formula is C18H21IO2. The van der Waals surface area contributed by atoms with E-state index in [1.54, 1.807) is 14.2 Å². The summed E-state index contributed by atoms with van der Waals surface area (Å²) in [5.41, 5.74) is 2.42. The van der Waals surface area contributed by atoms with Crippen molar-refractivity contribution in [2.24, 2.45) is 5.92 Å². The Hall–Kier alpha value is -1.23. The van der Waals surface area contributed by atoms with E-state index in [0.717, 1.165) is 20.6 Å². The molecule has 3 heteroatoms. The lowest BCUT2D eigenvalue weighted by Crippen LogP contribution is -2.12. The number of benzene rings is 2. The Labute approximate surface area is 140 Å². The molecule has 2 aromatic rings. The third-order valence-electron chi connectivity index (χ3n) is 3.67. The van der Waals surface area contributed by atoms with Crippen LogP contribution in [-0.2, 0) is 0 Å². The summed E-state index contributed by atoms with van der Waals surface area (Å²) in [6.07, 6.45) is 0. The minimum atomic E-state index is 0.241. The highest BCUT2D eigenvalue weighted by atomic mass is 127. The lowest BCUT2D eigenvalue weighted by Gasteiger charge is -2.26. The van der Waals surface area contributed by atoms with Crippen LogP contribution in [0.3, 0.4) is 0 Å². The van der Waals surface area contributed by atoms with Gasteiger partial charge in [-0.2, -0.15) is 0 Å². The van der Waals surface area contributed by atoms with Crippen LogP contribution in [-0.4, -0.2) is 14.2 Å². The Kier molecular flexibility index (Phi) is 5.51. The van der Waals surface area contributed by atoms with Gasteiger partial charge in [0, 0.05) is 11.5 Å². The van der Waals surface area contributed by atoms with E-state index in [4.69, 9.17) is 9.47 Å². The highest BCUT2D eigenvalue weighted by Gasteiger charge is 2.26. The van der Waals surface area contributed by atoms with Crippen LogP contribution in [0.1, 0.15) is 30.9 Å². The van der Waals surface area contributed by atoms with Crippen LogP contribution in [0, 0.1) is 9.49 Å². The molecule has 2 rings (SSSR count). The second-order valence-corrected chi connectivity index (χ2v) is 6.49. The Morgan fingerprint density at radius 3 is 2.10 bits per heavy atom. The lowest BCUT2D eigenvalue weighted by molar-refractivity contribution is 0.372. The maximum atomic E-state index is 5.68. The minimum absolute atomic E-state index is 0.241. The molecule has 0 amide bonds. The average Bonchev–Trinajstić information content (AvgIpc) is 2.49. The van der Waals surface area contributed by atoms with Crippen LogP contribution in [0.2, 0.25) is 0 Å². The Morgan fingerprint density at radius 2 is 1.57 bits per heavy atom. The normalized spacial score (nSPS) is 12.3. The van der Waals surface area contributed by atoms with E-state index in [9.17, 15) is 0 Å². The summed E-state index contributed by atoms with van der Waals surface area (Å²) in [5.74, 6) is 2.48. The summed E-state index contributed by atoms with van der Waals surface area (Å²) in [6.45, 7) is 4.47. The Morgan fingerprint density at radius 1 is 0.905 bits per heavy atom. The average molecular weight is 396 g/mol. The van der Waals surface area contributed by atoms with Gasteiger partial charge in [0.15, 0.2) is 0 Å². The van der Waals surface area contributed by atoms with Gasteiger partial charge in [0.2, 0.25) is 0 Å². The van der Waals surface area contributed by atoms with Gasteiger partial charge in [-0.1, -0.05) is 44.2 Å². The summed E-state index contributed by atoms with van der Waals surface area (Å²) in [6, 6.07) is 14.6. The molecule has 0 aliphatic carbocycles. The van der Waals surface area contributed by atoms with Gasteiger partial charge in [-0.3, -0.25) is 0 Å². The smallest absolute Gasteiger partial charge is 0.139 e. The van der Waals surface area contributed by atoms with Gasteiger partial charge < -0.3 is 9.47 Å². The SMILES string of the molecule is COc1ccc(I)c(OC)c1[C@H](c1ccccc1)C(C)C. The zero-order valence-corrected chi connectivity index (χ0v) is 15.0. The van der Waals surface area contributed by atoms with Crippen LogP contribution in [0.5, 0.6) is 11.5 Å². The molecule has 1 atom stereocenters. The van der Waals surface area contributed by atoms with Crippen molar-refractivity contribution >= 4 is 22.6 Å². The van der Waals surface area contributed by atoms with E-state index in [2.05, 4.69) is 60.7 Å². The molecule has 0 aromatic heterocycles. The number of ether oxygens (including phenoxy) is 2. The fourth-order valence-corrected chi connectivity index (χ4v) is 3.47. The van der Waals surface area contributed by atoms with Gasteiger partial charge in [-0.15, -0.1) is 0 Å². The van der Waals surface area contributed by atoms with Crippen LogP contribution in [0.25, 0.3) is 0 Å². The lowest BCUT2D eigenvalue weighted by atomic mass is 9.81. The molecule has 21 heavy (non-hydrogen) atoms. The van der Waals surface area contributed by atoms with Crippen molar-refractivity contribution in [2.75, 3.05) is 14.2 Å². The summed E-state index contributed by atoms with van der Waals surface area (Å²) in [7, 11) is 3.44. The van der Waals surface area contributed by atoms with Crippen molar-refractivity contribution in [3.63, 3.8) is 0 Å². The highest BCUT2D eigenvalue weighted by molar-refractivity contribution is 14.1. The van der Waals surface area contributed by atoms with E-state index in [0.29, 0.717) is 5.92 Å². The van der Waals surface area contributed by atoms with E-state index in [1.165, 1.54) is 5.56 Å². The zero-order chi connectivity index (χ0) is 15.4. The van der Waals surface area contributed by atoms with Gasteiger partial charge in [-0.25, -0.2) is 0 Å². The maximum absolute atomic E-state index is 5.68. The molecule has 0 N–H and O–H groups in total. The largest absolute Gasteiger partial charge is 0.496 e. The molecule has 0 bridgehead atoms. The van der Waals surface area contributed by atoms with Crippen molar-refractivity contribution in [1.82, 2.24) is 0 Å². The first kappa shape index (κ1) is 16.1. The van der Waals surface area contributed by atoms with E-state index >= 15 is 0 Å². The molecule has 0 radical (unpaired) electrons. The summed E-state index contributed by atoms with van der Waals surface area (Å²) < 4.78 is 12.4. The molecule has 2 aromatic carbocycles. The number of halogens is 1. The molecule has 0 saturated heterocycles. The molecular weight excluding hydrogens is 375 g/mol. The van der Waals surface area contributed by atoms with Gasteiger partial charge in [0.25, 0.3) is 0 Å². The molecule has 0 spiro atoms. The molecule has 112 valence electrons. The molecule has 2 nitrogen and oxygen atoms in total. The van der Waals surface area contributed by atoms with Crippen LogP contribution in [0.4, 0.5) is 0 Å². The third-order valence-corrected chi connectivity index (χ3v) is 4.52. The van der Waals surface area contributed by atoms with E-state index in [-0.39, 0.29) is 5.92 Å². The van der Waals surface area contributed by atoms with Crippen molar-refractivity contribution < 1.29 is 9.47 Å². The number of hydrogen-bond donors (Lipinski definition) is 0. The Bertz CT molecular complexity index is 594. The molecule has 0 aliphatic heterocycles. The number of hydrogen-bond acceptors (Lipinski definition) is 2. The minimum Gasteiger partial charge on any atom is -0.496 e. The predicted molar refractivity (Wildman–Crippen MR) is 95.4 cm³/mol. The van der Waals surface area contributed by atoms with E-state index < -0.39 is 0 Å². The van der Waals surface area contributed by atoms with E-state index in [1.807, 2.05) is 18.2 Å². The zero-order valence-electron chi connectivity index (χ0n) is 12.9. The van der Waals surface area contributed by atoms with Crippen LogP contribution < -0.4 is 9.47 Å². The fraction of sp³-hybridized carbons (Fsp3) is 0.333.